The Labute approximate surface area is 123 Å². The van der Waals surface area contributed by atoms with E-state index in [-0.39, 0.29) is 11.9 Å². The molecule has 1 atom stereocenters. The number of hydrogen-bond donors (Lipinski definition) is 1. The minimum atomic E-state index is -0.0892. The number of rotatable bonds is 6. The van der Waals surface area contributed by atoms with E-state index in [1.807, 2.05) is 23.9 Å². The van der Waals surface area contributed by atoms with Gasteiger partial charge in [-0.2, -0.15) is 16.4 Å². The van der Waals surface area contributed by atoms with Crippen LogP contribution >= 0.6 is 11.3 Å². The molecule has 2 heterocycles. The molecule has 20 heavy (non-hydrogen) atoms. The molecule has 0 radical (unpaired) electrons. The highest BCUT2D eigenvalue weighted by molar-refractivity contribution is 7.07. The average molecular weight is 292 g/mol. The molecule has 2 aromatic rings. The number of aromatic nitrogens is 3. The SMILES string of the molecule is CC(C)C[C@H](NC(=O)Cc1ccsc1)c1ncnn1C. The van der Waals surface area contributed by atoms with E-state index in [4.69, 9.17) is 0 Å². The highest BCUT2D eigenvalue weighted by atomic mass is 32.1. The van der Waals surface area contributed by atoms with Crippen molar-refractivity contribution in [1.82, 2.24) is 20.1 Å². The van der Waals surface area contributed by atoms with Crippen LogP contribution in [0.5, 0.6) is 0 Å². The van der Waals surface area contributed by atoms with Gasteiger partial charge >= 0.3 is 0 Å². The molecule has 6 heteroatoms. The molecule has 2 rings (SSSR count). The standard InChI is InChI=1S/C14H20N4OS/c1-10(2)6-12(14-15-9-16-18(14)3)17-13(19)7-11-4-5-20-8-11/h4-5,8-10,12H,6-7H2,1-3H3,(H,17,19)/t12-/m0/s1. The molecule has 0 aromatic carbocycles. The van der Waals surface area contributed by atoms with Gasteiger partial charge in [0.25, 0.3) is 0 Å². The van der Waals surface area contributed by atoms with Crippen molar-refractivity contribution in [3.8, 4) is 0 Å². The molecule has 0 aliphatic heterocycles. The fraction of sp³-hybridized carbons (Fsp3) is 0.500. The summed E-state index contributed by atoms with van der Waals surface area (Å²) in [6.45, 7) is 4.27. The molecule has 108 valence electrons. The van der Waals surface area contributed by atoms with Gasteiger partial charge in [0.1, 0.15) is 12.2 Å². The third-order valence-electron chi connectivity index (χ3n) is 3.05. The number of hydrogen-bond acceptors (Lipinski definition) is 4. The third kappa shape index (κ3) is 3.90. The van der Waals surface area contributed by atoms with Gasteiger partial charge in [0.15, 0.2) is 0 Å². The zero-order valence-corrected chi connectivity index (χ0v) is 12.9. The largest absolute Gasteiger partial charge is 0.346 e. The molecule has 0 unspecified atom stereocenters. The number of carbonyl (C=O) groups excluding carboxylic acids is 1. The maximum Gasteiger partial charge on any atom is 0.225 e. The maximum absolute atomic E-state index is 12.1. The van der Waals surface area contributed by atoms with Gasteiger partial charge in [0, 0.05) is 7.05 Å². The summed E-state index contributed by atoms with van der Waals surface area (Å²) in [6.07, 6.45) is 2.78. The van der Waals surface area contributed by atoms with Crippen LogP contribution in [0.1, 0.15) is 37.7 Å². The van der Waals surface area contributed by atoms with Crippen molar-refractivity contribution >= 4 is 17.2 Å². The van der Waals surface area contributed by atoms with E-state index in [0.717, 1.165) is 17.8 Å². The fourth-order valence-corrected chi connectivity index (χ4v) is 2.81. The van der Waals surface area contributed by atoms with Gasteiger partial charge in [0.05, 0.1) is 12.5 Å². The molecule has 0 saturated heterocycles. The van der Waals surface area contributed by atoms with Crippen LogP contribution in [0, 0.1) is 5.92 Å². The number of nitrogens with one attached hydrogen (secondary N) is 1. The molecule has 1 N–H and O–H groups in total. The molecule has 1 amide bonds. The van der Waals surface area contributed by atoms with Crippen LogP contribution in [0.25, 0.3) is 0 Å². The lowest BCUT2D eigenvalue weighted by Crippen LogP contribution is -2.32. The number of nitrogens with zero attached hydrogens (tertiary/aromatic N) is 3. The van der Waals surface area contributed by atoms with Gasteiger partial charge in [-0.3, -0.25) is 9.48 Å². The normalized spacial score (nSPS) is 12.6. The molecule has 0 aliphatic rings. The average Bonchev–Trinajstić information content (AvgIpc) is 2.99. The van der Waals surface area contributed by atoms with Crippen LogP contribution in [-0.4, -0.2) is 20.7 Å². The van der Waals surface area contributed by atoms with Crippen molar-refractivity contribution in [2.75, 3.05) is 0 Å². The van der Waals surface area contributed by atoms with E-state index in [9.17, 15) is 4.79 Å². The van der Waals surface area contributed by atoms with Crippen LogP contribution < -0.4 is 5.32 Å². The Kier molecular flexibility index (Phi) is 4.89. The predicted molar refractivity (Wildman–Crippen MR) is 79.4 cm³/mol. The van der Waals surface area contributed by atoms with E-state index in [2.05, 4.69) is 29.2 Å². The summed E-state index contributed by atoms with van der Waals surface area (Å²) in [7, 11) is 1.85. The highest BCUT2D eigenvalue weighted by Crippen LogP contribution is 2.19. The second kappa shape index (κ2) is 6.65. The van der Waals surface area contributed by atoms with Gasteiger partial charge in [-0.05, 0) is 34.7 Å². The molecule has 0 bridgehead atoms. The smallest absolute Gasteiger partial charge is 0.225 e. The van der Waals surface area contributed by atoms with Crippen molar-refractivity contribution in [2.24, 2.45) is 13.0 Å². The summed E-state index contributed by atoms with van der Waals surface area (Å²) in [5.74, 6) is 1.30. The lowest BCUT2D eigenvalue weighted by atomic mass is 10.0. The van der Waals surface area contributed by atoms with Crippen LogP contribution in [0.15, 0.2) is 23.2 Å². The van der Waals surface area contributed by atoms with Gasteiger partial charge in [0.2, 0.25) is 5.91 Å². The predicted octanol–water partition coefficient (Wildman–Crippen LogP) is 2.32. The Bertz CT molecular complexity index is 547. The fourth-order valence-electron chi connectivity index (χ4n) is 2.14. The summed E-state index contributed by atoms with van der Waals surface area (Å²) >= 11 is 1.60. The van der Waals surface area contributed by atoms with Crippen LogP contribution in [-0.2, 0) is 18.3 Å². The first-order chi connectivity index (χ1) is 9.56. The molecule has 2 aromatic heterocycles. The molecule has 0 saturated carbocycles. The van der Waals surface area contributed by atoms with Gasteiger partial charge < -0.3 is 5.32 Å². The Morgan fingerprint density at radius 3 is 2.85 bits per heavy atom. The summed E-state index contributed by atoms with van der Waals surface area (Å²) in [5.41, 5.74) is 1.05. The quantitative estimate of drug-likeness (QED) is 0.889. The Balaban J connectivity index is 2.04. The van der Waals surface area contributed by atoms with Gasteiger partial charge in [-0.15, -0.1) is 0 Å². The first-order valence-electron chi connectivity index (χ1n) is 6.70. The van der Waals surface area contributed by atoms with Crippen LogP contribution in [0.3, 0.4) is 0 Å². The first kappa shape index (κ1) is 14.7. The second-order valence-corrected chi connectivity index (χ2v) is 6.08. The minimum absolute atomic E-state index is 0.0250. The molecule has 0 spiro atoms. The number of amides is 1. The van der Waals surface area contributed by atoms with Crippen molar-refractivity contribution in [1.29, 1.82) is 0 Å². The Morgan fingerprint density at radius 1 is 1.50 bits per heavy atom. The monoisotopic (exact) mass is 292 g/mol. The Morgan fingerprint density at radius 2 is 2.30 bits per heavy atom. The van der Waals surface area contributed by atoms with Crippen molar-refractivity contribution in [3.05, 3.63) is 34.5 Å². The van der Waals surface area contributed by atoms with Crippen LogP contribution in [0.2, 0.25) is 0 Å². The molecular weight excluding hydrogens is 272 g/mol. The zero-order valence-electron chi connectivity index (χ0n) is 12.0. The lowest BCUT2D eigenvalue weighted by Gasteiger charge is -2.19. The number of aryl methyl sites for hydroxylation is 1. The van der Waals surface area contributed by atoms with E-state index in [1.165, 1.54) is 6.33 Å². The van der Waals surface area contributed by atoms with Crippen LogP contribution in [0.4, 0.5) is 0 Å². The molecule has 0 aliphatic carbocycles. The maximum atomic E-state index is 12.1. The summed E-state index contributed by atoms with van der Waals surface area (Å²) in [4.78, 5) is 16.4. The van der Waals surface area contributed by atoms with Crippen molar-refractivity contribution < 1.29 is 4.79 Å². The van der Waals surface area contributed by atoms with E-state index < -0.39 is 0 Å². The van der Waals surface area contributed by atoms with E-state index in [0.29, 0.717) is 12.3 Å². The Hall–Kier alpha value is -1.69. The highest BCUT2D eigenvalue weighted by Gasteiger charge is 2.20. The lowest BCUT2D eigenvalue weighted by molar-refractivity contribution is -0.121. The molecule has 0 fully saturated rings. The van der Waals surface area contributed by atoms with Gasteiger partial charge in [-0.1, -0.05) is 13.8 Å². The van der Waals surface area contributed by atoms with E-state index in [1.54, 1.807) is 16.0 Å². The summed E-state index contributed by atoms with van der Waals surface area (Å²) < 4.78 is 1.72. The summed E-state index contributed by atoms with van der Waals surface area (Å²) in [6, 6.07) is 1.89. The van der Waals surface area contributed by atoms with Gasteiger partial charge in [-0.25, -0.2) is 4.98 Å². The second-order valence-electron chi connectivity index (χ2n) is 5.30. The summed E-state index contributed by atoms with van der Waals surface area (Å²) in [5, 5.41) is 11.1. The first-order valence-corrected chi connectivity index (χ1v) is 7.65. The topological polar surface area (TPSA) is 59.8 Å². The minimum Gasteiger partial charge on any atom is -0.346 e. The van der Waals surface area contributed by atoms with E-state index >= 15 is 0 Å². The number of carbonyl (C=O) groups is 1. The molecule has 5 nitrogen and oxygen atoms in total. The molecular formula is C14H20N4OS. The van der Waals surface area contributed by atoms with Crippen molar-refractivity contribution in [3.63, 3.8) is 0 Å². The third-order valence-corrected chi connectivity index (χ3v) is 3.78. The van der Waals surface area contributed by atoms with Crippen molar-refractivity contribution in [2.45, 2.75) is 32.7 Å². The number of thiophene rings is 1. The zero-order chi connectivity index (χ0) is 14.5.